The van der Waals surface area contributed by atoms with E-state index in [0.29, 0.717) is 21.5 Å². The minimum atomic E-state index is -1.06. The van der Waals surface area contributed by atoms with Crippen LogP contribution in [0.25, 0.3) is 6.08 Å². The molecule has 0 saturated carbocycles. The van der Waals surface area contributed by atoms with Gasteiger partial charge in [-0.2, -0.15) is 0 Å². The van der Waals surface area contributed by atoms with Gasteiger partial charge in [0.2, 0.25) is 0 Å². The van der Waals surface area contributed by atoms with Crippen LogP contribution in [-0.2, 0) is 9.59 Å². The highest BCUT2D eigenvalue weighted by Gasteiger charge is 2.19. The smallest absolute Gasteiger partial charge is 0.328 e. The number of anilines is 2. The molecule has 0 aromatic heterocycles. The third-order valence-corrected chi connectivity index (χ3v) is 5.00. The number of halogens is 1. The monoisotopic (exact) mass is 481 g/mol. The van der Waals surface area contributed by atoms with Crippen LogP contribution >= 0.6 is 15.9 Å². The number of para-hydroxylation sites is 2. The van der Waals surface area contributed by atoms with Gasteiger partial charge in [0.25, 0.3) is 5.91 Å². The van der Waals surface area contributed by atoms with Crippen molar-refractivity contribution in [2.75, 3.05) is 18.6 Å². The van der Waals surface area contributed by atoms with Gasteiger partial charge in [-0.15, -0.1) is 0 Å². The second-order valence-electron chi connectivity index (χ2n) is 6.39. The van der Waals surface area contributed by atoms with Crippen molar-refractivity contribution in [3.8, 4) is 11.5 Å². The molecule has 0 spiro atoms. The molecule has 7 heteroatoms. The Morgan fingerprint density at radius 1 is 0.968 bits per heavy atom. The van der Waals surface area contributed by atoms with Crippen molar-refractivity contribution in [2.24, 2.45) is 0 Å². The van der Waals surface area contributed by atoms with Gasteiger partial charge in [-0.1, -0.05) is 52.3 Å². The van der Waals surface area contributed by atoms with E-state index in [1.165, 1.54) is 13.2 Å². The molecule has 0 bridgehead atoms. The molecule has 0 fully saturated rings. The summed E-state index contributed by atoms with van der Waals surface area (Å²) in [4.78, 5) is 25.5. The minimum absolute atomic E-state index is 0.225. The third kappa shape index (κ3) is 5.73. The molecule has 1 N–H and O–H groups in total. The van der Waals surface area contributed by atoms with Crippen LogP contribution in [0.1, 0.15) is 5.56 Å². The molecule has 0 heterocycles. The van der Waals surface area contributed by atoms with Crippen molar-refractivity contribution < 1.29 is 24.2 Å². The lowest BCUT2D eigenvalue weighted by Gasteiger charge is -2.23. The van der Waals surface area contributed by atoms with E-state index in [4.69, 9.17) is 14.6 Å². The van der Waals surface area contributed by atoms with E-state index in [9.17, 15) is 9.59 Å². The second kappa shape index (κ2) is 10.4. The highest BCUT2D eigenvalue weighted by Crippen LogP contribution is 2.34. The van der Waals surface area contributed by atoms with Crippen molar-refractivity contribution in [2.45, 2.75) is 0 Å². The number of aliphatic carboxylic acids is 1. The summed E-state index contributed by atoms with van der Waals surface area (Å²) < 4.78 is 11.8. The van der Waals surface area contributed by atoms with Crippen LogP contribution in [0.15, 0.2) is 83.3 Å². The summed E-state index contributed by atoms with van der Waals surface area (Å²) in [6.45, 7) is -0.225. The maximum absolute atomic E-state index is 13.1. The summed E-state index contributed by atoms with van der Waals surface area (Å²) in [5, 5.41) is 8.83. The summed E-state index contributed by atoms with van der Waals surface area (Å²) in [5.41, 5.74) is 2.06. The van der Waals surface area contributed by atoms with E-state index in [1.54, 1.807) is 17.0 Å². The quantitative estimate of drug-likeness (QED) is 0.441. The first kappa shape index (κ1) is 22.1. The first-order chi connectivity index (χ1) is 15.0. The molecule has 158 valence electrons. The number of carbonyl (C=O) groups excluding carboxylic acids is 1. The molecule has 1 amide bonds. The Morgan fingerprint density at radius 3 is 2.06 bits per heavy atom. The fourth-order valence-corrected chi connectivity index (χ4v) is 3.36. The molecule has 0 atom stereocenters. The van der Waals surface area contributed by atoms with Gasteiger partial charge < -0.3 is 14.6 Å². The van der Waals surface area contributed by atoms with Crippen LogP contribution in [0.3, 0.4) is 0 Å². The molecule has 6 nitrogen and oxygen atoms in total. The molecule has 0 aliphatic rings. The van der Waals surface area contributed by atoms with Crippen LogP contribution in [0.2, 0.25) is 0 Å². The second-order valence-corrected chi connectivity index (χ2v) is 7.24. The highest BCUT2D eigenvalue weighted by atomic mass is 79.9. The SMILES string of the molecule is COc1cc(/C=C/C(=O)O)c(Br)cc1OCC(=O)N(c1ccccc1)c1ccccc1. The van der Waals surface area contributed by atoms with Gasteiger partial charge in [-0.25, -0.2) is 4.79 Å². The molecular formula is C24H20BrNO5. The fraction of sp³-hybridized carbons (Fsp3) is 0.0833. The van der Waals surface area contributed by atoms with Crippen LogP contribution in [0.5, 0.6) is 11.5 Å². The van der Waals surface area contributed by atoms with Crippen LogP contribution in [-0.4, -0.2) is 30.7 Å². The van der Waals surface area contributed by atoms with Crippen LogP contribution < -0.4 is 14.4 Å². The number of hydrogen-bond acceptors (Lipinski definition) is 4. The summed E-state index contributed by atoms with van der Waals surface area (Å²) in [5.74, 6) is -0.576. The predicted molar refractivity (Wildman–Crippen MR) is 123 cm³/mol. The van der Waals surface area contributed by atoms with E-state index < -0.39 is 5.97 Å². The van der Waals surface area contributed by atoms with Crippen LogP contribution in [0, 0.1) is 0 Å². The van der Waals surface area contributed by atoms with Crippen molar-refractivity contribution in [1.82, 2.24) is 0 Å². The molecule has 0 aliphatic heterocycles. The van der Waals surface area contributed by atoms with Crippen molar-refractivity contribution in [3.05, 3.63) is 88.9 Å². The van der Waals surface area contributed by atoms with Gasteiger partial charge in [0.05, 0.1) is 7.11 Å². The first-order valence-corrected chi connectivity index (χ1v) is 10.1. The first-order valence-electron chi connectivity index (χ1n) is 9.34. The zero-order valence-corrected chi connectivity index (χ0v) is 18.3. The molecule has 3 aromatic carbocycles. The zero-order chi connectivity index (χ0) is 22.2. The molecular weight excluding hydrogens is 462 g/mol. The normalized spacial score (nSPS) is 10.6. The minimum Gasteiger partial charge on any atom is -0.493 e. The highest BCUT2D eigenvalue weighted by molar-refractivity contribution is 9.10. The number of methoxy groups -OCH3 is 1. The number of carboxylic acid groups (broad SMARTS) is 1. The van der Waals surface area contributed by atoms with Gasteiger partial charge in [-0.05, 0) is 48.0 Å². The Balaban J connectivity index is 1.84. The number of carboxylic acids is 1. The standard InChI is InChI=1S/C24H20BrNO5/c1-30-21-14-17(12-13-24(28)29)20(25)15-22(21)31-16-23(27)26(18-8-4-2-5-9-18)19-10-6-3-7-11-19/h2-15H,16H2,1H3,(H,28,29)/b13-12+. The lowest BCUT2D eigenvalue weighted by Crippen LogP contribution is -2.30. The number of amides is 1. The van der Waals surface area contributed by atoms with Crippen molar-refractivity contribution >= 4 is 45.3 Å². The van der Waals surface area contributed by atoms with E-state index in [0.717, 1.165) is 17.5 Å². The Bertz CT molecular complexity index is 1040. The molecule has 0 aliphatic carbocycles. The topological polar surface area (TPSA) is 76.1 Å². The Kier molecular flexibility index (Phi) is 7.45. The number of carbonyl (C=O) groups is 2. The lowest BCUT2D eigenvalue weighted by atomic mass is 10.2. The average Bonchev–Trinajstić information content (AvgIpc) is 2.78. The fourth-order valence-electron chi connectivity index (χ4n) is 2.91. The Hall–Kier alpha value is -3.58. The van der Waals surface area contributed by atoms with Gasteiger partial charge >= 0.3 is 5.97 Å². The Labute approximate surface area is 188 Å². The lowest BCUT2D eigenvalue weighted by molar-refractivity contribution is -0.131. The van der Waals surface area contributed by atoms with Gasteiger partial charge in [0.15, 0.2) is 18.1 Å². The van der Waals surface area contributed by atoms with E-state index in [1.807, 2.05) is 60.7 Å². The van der Waals surface area contributed by atoms with Gasteiger partial charge in [0, 0.05) is 21.9 Å². The van der Waals surface area contributed by atoms with Gasteiger partial charge in [-0.3, -0.25) is 9.69 Å². The number of nitrogens with zero attached hydrogens (tertiary/aromatic N) is 1. The number of hydrogen-bond donors (Lipinski definition) is 1. The number of ether oxygens (including phenoxy) is 2. The summed E-state index contributed by atoms with van der Waals surface area (Å²) >= 11 is 3.39. The third-order valence-electron chi connectivity index (χ3n) is 4.32. The van der Waals surface area contributed by atoms with Gasteiger partial charge in [0.1, 0.15) is 0 Å². The molecule has 3 rings (SSSR count). The maximum Gasteiger partial charge on any atom is 0.328 e. The molecule has 0 saturated heterocycles. The summed E-state index contributed by atoms with van der Waals surface area (Å²) in [7, 11) is 1.48. The molecule has 3 aromatic rings. The van der Waals surface area contributed by atoms with Crippen molar-refractivity contribution in [3.63, 3.8) is 0 Å². The molecule has 0 unspecified atom stereocenters. The van der Waals surface area contributed by atoms with E-state index in [2.05, 4.69) is 15.9 Å². The number of rotatable bonds is 8. The Morgan fingerprint density at radius 2 is 1.55 bits per heavy atom. The largest absolute Gasteiger partial charge is 0.493 e. The molecule has 0 radical (unpaired) electrons. The zero-order valence-electron chi connectivity index (χ0n) is 16.7. The predicted octanol–water partition coefficient (Wildman–Crippen LogP) is 5.30. The maximum atomic E-state index is 13.1. The number of benzene rings is 3. The van der Waals surface area contributed by atoms with E-state index in [-0.39, 0.29) is 12.5 Å². The summed E-state index contributed by atoms with van der Waals surface area (Å²) in [6, 6.07) is 21.9. The van der Waals surface area contributed by atoms with E-state index >= 15 is 0 Å². The molecule has 31 heavy (non-hydrogen) atoms. The van der Waals surface area contributed by atoms with Crippen molar-refractivity contribution in [1.29, 1.82) is 0 Å². The summed E-state index contributed by atoms with van der Waals surface area (Å²) in [6.07, 6.45) is 2.47. The van der Waals surface area contributed by atoms with Crippen LogP contribution in [0.4, 0.5) is 11.4 Å². The average molecular weight is 482 g/mol.